The highest BCUT2D eigenvalue weighted by Crippen LogP contribution is 2.17. The van der Waals surface area contributed by atoms with Crippen LogP contribution in [0, 0.1) is 6.92 Å². The number of nitrogens with two attached hydrogens (primary N) is 1. The zero-order valence-electron chi connectivity index (χ0n) is 10.1. The Balaban J connectivity index is 2.88. The molecule has 5 heteroatoms. The Morgan fingerprint density at radius 3 is 2.69 bits per heavy atom. The number of aliphatic hydroxyl groups excluding tert-OH is 1. The third-order valence-corrected chi connectivity index (χ3v) is 2.27. The molecule has 0 amide bonds. The summed E-state index contributed by atoms with van der Waals surface area (Å²) >= 11 is 0. The predicted molar refractivity (Wildman–Crippen MR) is 65.3 cm³/mol. The van der Waals surface area contributed by atoms with Crippen molar-refractivity contribution in [1.82, 2.24) is 9.97 Å². The van der Waals surface area contributed by atoms with Gasteiger partial charge in [-0.05, 0) is 20.3 Å². The SMILES string of the molecule is CCCc1nc(N)c(C)c(NCC(C)O)n1. The molecule has 0 radical (unpaired) electrons. The van der Waals surface area contributed by atoms with Gasteiger partial charge in [0, 0.05) is 18.5 Å². The van der Waals surface area contributed by atoms with E-state index in [1.165, 1.54) is 0 Å². The molecule has 0 fully saturated rings. The number of nitrogen functional groups attached to an aromatic ring is 1. The third kappa shape index (κ3) is 3.34. The van der Waals surface area contributed by atoms with E-state index in [0.717, 1.165) is 30.0 Å². The molecule has 0 aliphatic rings. The van der Waals surface area contributed by atoms with E-state index in [9.17, 15) is 5.11 Å². The number of nitrogens with zero attached hydrogens (tertiary/aromatic N) is 2. The molecular weight excluding hydrogens is 204 g/mol. The number of anilines is 2. The first kappa shape index (κ1) is 12.7. The average molecular weight is 224 g/mol. The fraction of sp³-hybridized carbons (Fsp3) is 0.636. The molecule has 0 spiro atoms. The maximum Gasteiger partial charge on any atom is 0.134 e. The van der Waals surface area contributed by atoms with Gasteiger partial charge in [-0.3, -0.25) is 0 Å². The molecule has 0 aromatic carbocycles. The Morgan fingerprint density at radius 1 is 1.44 bits per heavy atom. The van der Waals surface area contributed by atoms with E-state index >= 15 is 0 Å². The molecule has 1 rings (SSSR count). The summed E-state index contributed by atoms with van der Waals surface area (Å²) in [7, 11) is 0. The van der Waals surface area contributed by atoms with Gasteiger partial charge in [-0.15, -0.1) is 0 Å². The van der Waals surface area contributed by atoms with Crippen LogP contribution in [0.25, 0.3) is 0 Å². The van der Waals surface area contributed by atoms with Crippen molar-refractivity contribution < 1.29 is 5.11 Å². The van der Waals surface area contributed by atoms with Gasteiger partial charge in [0.1, 0.15) is 17.5 Å². The van der Waals surface area contributed by atoms with Crippen molar-refractivity contribution in [2.75, 3.05) is 17.6 Å². The van der Waals surface area contributed by atoms with Gasteiger partial charge in [0.05, 0.1) is 6.10 Å². The zero-order valence-corrected chi connectivity index (χ0v) is 10.1. The van der Waals surface area contributed by atoms with Crippen LogP contribution in [-0.4, -0.2) is 27.7 Å². The molecule has 4 N–H and O–H groups in total. The molecule has 0 saturated carbocycles. The van der Waals surface area contributed by atoms with Crippen molar-refractivity contribution in [1.29, 1.82) is 0 Å². The molecule has 16 heavy (non-hydrogen) atoms. The van der Waals surface area contributed by atoms with Crippen molar-refractivity contribution >= 4 is 11.6 Å². The highest BCUT2D eigenvalue weighted by molar-refractivity contribution is 5.54. The Morgan fingerprint density at radius 2 is 2.12 bits per heavy atom. The smallest absolute Gasteiger partial charge is 0.134 e. The molecule has 1 unspecified atom stereocenters. The minimum Gasteiger partial charge on any atom is -0.392 e. The number of aliphatic hydroxyl groups is 1. The lowest BCUT2D eigenvalue weighted by atomic mass is 10.2. The Hall–Kier alpha value is -1.36. The van der Waals surface area contributed by atoms with Gasteiger partial charge < -0.3 is 16.2 Å². The first-order chi connectivity index (χ1) is 7.54. The molecule has 0 bridgehead atoms. The minimum absolute atomic E-state index is 0.412. The first-order valence-corrected chi connectivity index (χ1v) is 5.59. The van der Waals surface area contributed by atoms with Crippen molar-refractivity contribution in [3.63, 3.8) is 0 Å². The summed E-state index contributed by atoms with van der Waals surface area (Å²) in [6.45, 7) is 6.13. The monoisotopic (exact) mass is 224 g/mol. The summed E-state index contributed by atoms with van der Waals surface area (Å²) in [6, 6.07) is 0. The van der Waals surface area contributed by atoms with Crippen LogP contribution in [0.3, 0.4) is 0 Å². The lowest BCUT2D eigenvalue weighted by Crippen LogP contribution is -2.18. The third-order valence-electron chi connectivity index (χ3n) is 2.27. The summed E-state index contributed by atoms with van der Waals surface area (Å²) in [4.78, 5) is 8.60. The number of hydrogen-bond donors (Lipinski definition) is 3. The van der Waals surface area contributed by atoms with Crippen molar-refractivity contribution in [3.8, 4) is 0 Å². The fourth-order valence-corrected chi connectivity index (χ4v) is 1.33. The van der Waals surface area contributed by atoms with Gasteiger partial charge in [0.25, 0.3) is 0 Å². The molecule has 90 valence electrons. The van der Waals surface area contributed by atoms with Gasteiger partial charge in [0.2, 0.25) is 0 Å². The topological polar surface area (TPSA) is 84.1 Å². The maximum absolute atomic E-state index is 9.21. The van der Waals surface area contributed by atoms with Crippen LogP contribution in [-0.2, 0) is 6.42 Å². The second-order valence-corrected chi connectivity index (χ2v) is 3.98. The van der Waals surface area contributed by atoms with Crippen LogP contribution in [0.15, 0.2) is 0 Å². The van der Waals surface area contributed by atoms with E-state index in [-0.39, 0.29) is 0 Å². The molecule has 1 atom stereocenters. The zero-order chi connectivity index (χ0) is 12.1. The predicted octanol–water partition coefficient (Wildman–Crippen LogP) is 1.11. The van der Waals surface area contributed by atoms with E-state index in [4.69, 9.17) is 5.73 Å². The highest BCUT2D eigenvalue weighted by atomic mass is 16.3. The Labute approximate surface area is 96.1 Å². The largest absolute Gasteiger partial charge is 0.392 e. The van der Waals surface area contributed by atoms with Crippen molar-refractivity contribution in [2.24, 2.45) is 0 Å². The van der Waals surface area contributed by atoms with Crippen LogP contribution >= 0.6 is 0 Å². The second kappa shape index (κ2) is 5.65. The molecular formula is C11H20N4O. The van der Waals surface area contributed by atoms with E-state index < -0.39 is 6.10 Å². The maximum atomic E-state index is 9.21. The number of nitrogens with one attached hydrogen (secondary N) is 1. The highest BCUT2D eigenvalue weighted by Gasteiger charge is 2.08. The van der Waals surface area contributed by atoms with Crippen molar-refractivity contribution in [3.05, 3.63) is 11.4 Å². The summed E-state index contributed by atoms with van der Waals surface area (Å²) in [5, 5.41) is 12.3. The fourth-order valence-electron chi connectivity index (χ4n) is 1.33. The number of hydrogen-bond acceptors (Lipinski definition) is 5. The number of aromatic nitrogens is 2. The lowest BCUT2D eigenvalue weighted by Gasteiger charge is -2.12. The van der Waals surface area contributed by atoms with E-state index in [0.29, 0.717) is 12.4 Å². The second-order valence-electron chi connectivity index (χ2n) is 3.98. The Bertz CT molecular complexity index is 352. The molecule has 1 aromatic rings. The van der Waals surface area contributed by atoms with E-state index in [2.05, 4.69) is 22.2 Å². The number of aryl methyl sites for hydroxylation is 1. The lowest BCUT2D eigenvalue weighted by molar-refractivity contribution is 0.208. The summed E-state index contributed by atoms with van der Waals surface area (Å²) in [6.07, 6.45) is 1.39. The summed E-state index contributed by atoms with van der Waals surface area (Å²) in [5.74, 6) is 1.97. The van der Waals surface area contributed by atoms with Gasteiger partial charge in [-0.25, -0.2) is 9.97 Å². The average Bonchev–Trinajstić information content (AvgIpc) is 2.21. The number of rotatable bonds is 5. The normalized spacial score (nSPS) is 12.5. The van der Waals surface area contributed by atoms with Gasteiger partial charge in [-0.2, -0.15) is 0 Å². The van der Waals surface area contributed by atoms with Crippen LogP contribution < -0.4 is 11.1 Å². The molecule has 0 aliphatic carbocycles. The first-order valence-electron chi connectivity index (χ1n) is 5.59. The quantitative estimate of drug-likeness (QED) is 0.697. The molecule has 0 aliphatic heterocycles. The minimum atomic E-state index is -0.412. The molecule has 1 aromatic heterocycles. The van der Waals surface area contributed by atoms with Crippen LogP contribution in [0.2, 0.25) is 0 Å². The molecule has 0 saturated heterocycles. The summed E-state index contributed by atoms with van der Waals surface area (Å²) < 4.78 is 0. The van der Waals surface area contributed by atoms with E-state index in [1.54, 1.807) is 6.92 Å². The summed E-state index contributed by atoms with van der Waals surface area (Å²) in [5.41, 5.74) is 6.64. The molecule has 1 heterocycles. The molecule has 5 nitrogen and oxygen atoms in total. The standard InChI is InChI=1S/C11H20N4O/c1-4-5-9-14-10(12)8(3)11(15-9)13-6-7(2)16/h7,16H,4-6H2,1-3H3,(H3,12,13,14,15). The van der Waals surface area contributed by atoms with E-state index in [1.807, 2.05) is 6.92 Å². The Kier molecular flexibility index (Phi) is 4.49. The van der Waals surface area contributed by atoms with Crippen LogP contribution in [0.5, 0.6) is 0 Å². The van der Waals surface area contributed by atoms with Crippen LogP contribution in [0.4, 0.5) is 11.6 Å². The van der Waals surface area contributed by atoms with Crippen molar-refractivity contribution in [2.45, 2.75) is 39.7 Å². The van der Waals surface area contributed by atoms with Crippen LogP contribution in [0.1, 0.15) is 31.7 Å². The van der Waals surface area contributed by atoms with Gasteiger partial charge >= 0.3 is 0 Å². The van der Waals surface area contributed by atoms with Gasteiger partial charge in [-0.1, -0.05) is 6.92 Å². The van der Waals surface area contributed by atoms with Gasteiger partial charge in [0.15, 0.2) is 0 Å².